The Kier molecular flexibility index (Phi) is 7.65. The maximum absolute atomic E-state index is 11.5. The minimum atomic E-state index is -3.14. The molecule has 0 radical (unpaired) electrons. The maximum atomic E-state index is 11.5. The van der Waals surface area contributed by atoms with E-state index in [1.54, 1.807) is 18.3 Å². The van der Waals surface area contributed by atoms with E-state index < -0.39 is 9.84 Å². The largest absolute Gasteiger partial charge is 0.357 e. The summed E-state index contributed by atoms with van der Waals surface area (Å²) < 4.78 is 25.0. The van der Waals surface area contributed by atoms with Gasteiger partial charge in [0.1, 0.15) is 0 Å². The fourth-order valence-electron chi connectivity index (χ4n) is 2.43. The first-order valence-electron chi connectivity index (χ1n) is 8.76. The number of benzene rings is 1. The van der Waals surface area contributed by atoms with Gasteiger partial charge in [0, 0.05) is 44.8 Å². The molecule has 0 aliphatic carbocycles. The van der Waals surface area contributed by atoms with Crippen molar-refractivity contribution in [1.82, 2.24) is 20.2 Å². The molecule has 0 saturated heterocycles. The first-order chi connectivity index (χ1) is 12.5. The third-order valence-electron chi connectivity index (χ3n) is 3.81. The van der Waals surface area contributed by atoms with Crippen LogP contribution in [0.2, 0.25) is 0 Å². The van der Waals surface area contributed by atoms with Crippen molar-refractivity contribution in [3.05, 3.63) is 48.5 Å². The molecule has 0 unspecified atom stereocenters. The number of rotatable bonds is 9. The number of nitrogens with one attached hydrogen (secondary N) is 2. The summed E-state index contributed by atoms with van der Waals surface area (Å²) in [5, 5.41) is 6.54. The number of guanidine groups is 1. The van der Waals surface area contributed by atoms with Crippen LogP contribution in [-0.2, 0) is 22.8 Å². The molecule has 0 spiro atoms. The molecule has 0 atom stereocenters. The van der Waals surface area contributed by atoms with Crippen LogP contribution in [0.15, 0.2) is 52.9 Å². The van der Waals surface area contributed by atoms with Crippen molar-refractivity contribution in [2.75, 3.05) is 25.9 Å². The Morgan fingerprint density at radius 1 is 1.23 bits per heavy atom. The quantitative estimate of drug-likeness (QED) is 0.393. The predicted octanol–water partition coefficient (Wildman–Crippen LogP) is 1.47. The first kappa shape index (κ1) is 20.0. The van der Waals surface area contributed by atoms with E-state index in [9.17, 15) is 8.42 Å². The average molecular weight is 378 g/mol. The lowest BCUT2D eigenvalue weighted by Crippen LogP contribution is -2.38. The fourth-order valence-corrected chi connectivity index (χ4v) is 3.06. The van der Waals surface area contributed by atoms with Gasteiger partial charge in [-0.1, -0.05) is 12.1 Å². The van der Waals surface area contributed by atoms with E-state index in [2.05, 4.69) is 20.6 Å². The van der Waals surface area contributed by atoms with E-state index in [1.165, 1.54) is 6.26 Å². The second-order valence-corrected chi connectivity index (χ2v) is 8.02. The Hall–Kier alpha value is -2.35. The van der Waals surface area contributed by atoms with Crippen molar-refractivity contribution in [2.45, 2.75) is 31.2 Å². The lowest BCUT2D eigenvalue weighted by Gasteiger charge is -2.11. The first-order valence-corrected chi connectivity index (χ1v) is 10.6. The molecule has 8 heteroatoms. The molecule has 142 valence electrons. The summed E-state index contributed by atoms with van der Waals surface area (Å²) in [6, 6.07) is 7.01. The van der Waals surface area contributed by atoms with Gasteiger partial charge in [-0.15, -0.1) is 0 Å². The summed E-state index contributed by atoms with van der Waals surface area (Å²) in [7, 11) is -3.14. The lowest BCUT2D eigenvalue weighted by molar-refractivity contribution is 0.602. The molecule has 1 aromatic carbocycles. The number of aliphatic imine (C=N–C) groups is 1. The third kappa shape index (κ3) is 6.87. The third-order valence-corrected chi connectivity index (χ3v) is 4.93. The standard InChI is InChI=1S/C18H27N5O2S/c1-3-20-18(21-10-4-13-23-14-12-19-15-23)22-11-9-16-5-7-17(8-6-16)26(2,24)25/h5-8,12,14-15H,3-4,9-11,13H2,1-2H3,(H2,20,21,22). The SMILES string of the molecule is CCNC(=NCCCn1ccnc1)NCCc1ccc(S(C)(=O)=O)cc1. The van der Waals surface area contributed by atoms with Crippen molar-refractivity contribution in [2.24, 2.45) is 4.99 Å². The second kappa shape index (κ2) is 9.96. The normalized spacial score (nSPS) is 12.2. The Bertz CT molecular complexity index is 783. The van der Waals surface area contributed by atoms with Gasteiger partial charge in [-0.25, -0.2) is 13.4 Å². The fraction of sp³-hybridized carbons (Fsp3) is 0.444. The van der Waals surface area contributed by atoms with Crippen molar-refractivity contribution < 1.29 is 8.42 Å². The molecule has 0 saturated carbocycles. The predicted molar refractivity (Wildman–Crippen MR) is 104 cm³/mol. The van der Waals surface area contributed by atoms with Crippen LogP contribution in [-0.4, -0.2) is 49.8 Å². The van der Waals surface area contributed by atoms with Crippen LogP contribution in [0.25, 0.3) is 0 Å². The summed E-state index contributed by atoms with van der Waals surface area (Å²) in [5.41, 5.74) is 1.08. The molecule has 2 rings (SSSR count). The molecule has 0 bridgehead atoms. The van der Waals surface area contributed by atoms with Crippen molar-refractivity contribution in [1.29, 1.82) is 0 Å². The smallest absolute Gasteiger partial charge is 0.191 e. The Balaban J connectivity index is 1.77. The van der Waals surface area contributed by atoms with Gasteiger partial charge in [-0.05, 0) is 37.5 Å². The maximum Gasteiger partial charge on any atom is 0.191 e. The molecule has 1 heterocycles. The lowest BCUT2D eigenvalue weighted by atomic mass is 10.1. The summed E-state index contributed by atoms with van der Waals surface area (Å²) in [4.78, 5) is 8.94. The van der Waals surface area contributed by atoms with Gasteiger partial charge in [0.2, 0.25) is 0 Å². The minimum Gasteiger partial charge on any atom is -0.357 e. The minimum absolute atomic E-state index is 0.349. The van der Waals surface area contributed by atoms with Gasteiger partial charge in [-0.2, -0.15) is 0 Å². The van der Waals surface area contributed by atoms with Crippen LogP contribution in [0.1, 0.15) is 18.9 Å². The molecule has 2 N–H and O–H groups in total. The number of imidazole rings is 1. The van der Waals surface area contributed by atoms with E-state index in [-0.39, 0.29) is 0 Å². The highest BCUT2D eigenvalue weighted by atomic mass is 32.2. The molecule has 0 aliphatic rings. The van der Waals surface area contributed by atoms with Crippen LogP contribution in [0.4, 0.5) is 0 Å². The van der Waals surface area contributed by atoms with Gasteiger partial charge in [0.25, 0.3) is 0 Å². The molecular formula is C18H27N5O2S. The number of nitrogens with zero attached hydrogens (tertiary/aromatic N) is 3. The van der Waals surface area contributed by atoms with Crippen LogP contribution < -0.4 is 10.6 Å². The van der Waals surface area contributed by atoms with E-state index >= 15 is 0 Å². The van der Waals surface area contributed by atoms with Crippen molar-refractivity contribution >= 4 is 15.8 Å². The average Bonchev–Trinajstić information content (AvgIpc) is 3.12. The molecule has 2 aromatic rings. The van der Waals surface area contributed by atoms with E-state index in [4.69, 9.17) is 0 Å². The number of aryl methyl sites for hydroxylation is 1. The molecule has 0 fully saturated rings. The van der Waals surface area contributed by atoms with Crippen molar-refractivity contribution in [3.63, 3.8) is 0 Å². The van der Waals surface area contributed by atoms with Gasteiger partial charge in [0.05, 0.1) is 11.2 Å². The van der Waals surface area contributed by atoms with Crippen LogP contribution in [0, 0.1) is 0 Å². The Morgan fingerprint density at radius 2 is 2.00 bits per heavy atom. The topological polar surface area (TPSA) is 88.4 Å². The Morgan fingerprint density at radius 3 is 2.62 bits per heavy atom. The number of hydrogen-bond donors (Lipinski definition) is 2. The molecule has 0 amide bonds. The highest BCUT2D eigenvalue weighted by Gasteiger charge is 2.06. The summed E-state index contributed by atoms with van der Waals surface area (Å²) in [5.74, 6) is 0.797. The highest BCUT2D eigenvalue weighted by molar-refractivity contribution is 7.90. The van der Waals surface area contributed by atoms with Gasteiger partial charge in [0.15, 0.2) is 15.8 Å². The molecule has 26 heavy (non-hydrogen) atoms. The molecule has 0 aliphatic heterocycles. The monoisotopic (exact) mass is 377 g/mol. The van der Waals surface area contributed by atoms with Gasteiger partial charge < -0.3 is 15.2 Å². The summed E-state index contributed by atoms with van der Waals surface area (Å²) in [6.45, 7) is 5.20. The number of aromatic nitrogens is 2. The van der Waals surface area contributed by atoms with Crippen LogP contribution >= 0.6 is 0 Å². The zero-order valence-corrected chi connectivity index (χ0v) is 16.2. The summed E-state index contributed by atoms with van der Waals surface area (Å²) in [6.07, 6.45) is 8.49. The Labute approximate surface area is 155 Å². The van der Waals surface area contributed by atoms with E-state index in [0.29, 0.717) is 4.90 Å². The zero-order chi connectivity index (χ0) is 18.8. The zero-order valence-electron chi connectivity index (χ0n) is 15.4. The number of sulfone groups is 1. The molecular weight excluding hydrogens is 350 g/mol. The van der Waals surface area contributed by atoms with Crippen LogP contribution in [0.5, 0.6) is 0 Å². The highest BCUT2D eigenvalue weighted by Crippen LogP contribution is 2.10. The molecule has 7 nitrogen and oxygen atoms in total. The van der Waals surface area contributed by atoms with E-state index in [1.807, 2.05) is 36.1 Å². The molecule has 1 aromatic heterocycles. The van der Waals surface area contributed by atoms with Crippen LogP contribution in [0.3, 0.4) is 0 Å². The second-order valence-electron chi connectivity index (χ2n) is 6.01. The van der Waals surface area contributed by atoms with Gasteiger partial charge in [-0.3, -0.25) is 4.99 Å². The summed E-state index contributed by atoms with van der Waals surface area (Å²) >= 11 is 0. The van der Waals surface area contributed by atoms with Gasteiger partial charge >= 0.3 is 0 Å². The van der Waals surface area contributed by atoms with Crippen molar-refractivity contribution in [3.8, 4) is 0 Å². The van der Waals surface area contributed by atoms with E-state index in [0.717, 1.165) is 50.5 Å². The number of hydrogen-bond acceptors (Lipinski definition) is 4.